The molecule has 0 aliphatic rings. The lowest BCUT2D eigenvalue weighted by molar-refractivity contribution is 0.415. The highest BCUT2D eigenvalue weighted by molar-refractivity contribution is 7.10. The van der Waals surface area contributed by atoms with Crippen molar-refractivity contribution >= 4 is 28.6 Å². The van der Waals surface area contributed by atoms with Crippen LogP contribution >= 0.6 is 22.9 Å². The van der Waals surface area contributed by atoms with Crippen LogP contribution in [0.15, 0.2) is 35.7 Å². The van der Waals surface area contributed by atoms with E-state index in [1.165, 1.54) is 4.88 Å². The van der Waals surface area contributed by atoms with Crippen molar-refractivity contribution in [2.45, 2.75) is 19.9 Å². The smallest absolute Gasteiger partial charge is 0.121 e. The van der Waals surface area contributed by atoms with Gasteiger partial charge in [0.1, 0.15) is 5.75 Å². The van der Waals surface area contributed by atoms with E-state index in [1.54, 1.807) is 18.4 Å². The van der Waals surface area contributed by atoms with Crippen molar-refractivity contribution < 1.29 is 4.74 Å². The minimum atomic E-state index is 0.254. The molecule has 0 aliphatic carbocycles. The average Bonchev–Trinajstić information content (AvgIpc) is 2.91. The average molecular weight is 296 g/mol. The van der Waals surface area contributed by atoms with Crippen LogP contribution < -0.4 is 10.1 Å². The zero-order valence-electron chi connectivity index (χ0n) is 11.3. The molecule has 2 nitrogen and oxygen atoms in total. The summed E-state index contributed by atoms with van der Waals surface area (Å²) in [4.78, 5) is 1.31. The lowest BCUT2D eigenvalue weighted by Gasteiger charge is -2.23. The number of nitrogens with one attached hydrogen (secondary N) is 1. The molecule has 0 radical (unpaired) electrons. The van der Waals surface area contributed by atoms with E-state index in [0.29, 0.717) is 10.9 Å². The van der Waals surface area contributed by atoms with Gasteiger partial charge in [0.25, 0.3) is 0 Å². The van der Waals surface area contributed by atoms with Gasteiger partial charge < -0.3 is 10.1 Å². The van der Waals surface area contributed by atoms with Crippen molar-refractivity contribution in [3.63, 3.8) is 0 Å². The van der Waals surface area contributed by atoms with Gasteiger partial charge in [0.15, 0.2) is 0 Å². The molecular formula is C15H18ClNOS. The van der Waals surface area contributed by atoms with Gasteiger partial charge in [0, 0.05) is 10.9 Å². The summed E-state index contributed by atoms with van der Waals surface area (Å²) < 4.78 is 5.25. The molecule has 1 aromatic carbocycles. The zero-order chi connectivity index (χ0) is 13.8. The second-order valence-corrected chi connectivity index (χ2v) is 6.11. The molecule has 1 atom stereocenters. The summed E-state index contributed by atoms with van der Waals surface area (Å²) in [7, 11) is 1.66. The van der Waals surface area contributed by atoms with Crippen molar-refractivity contribution in [2.24, 2.45) is 5.92 Å². The van der Waals surface area contributed by atoms with E-state index < -0.39 is 0 Å². The third kappa shape index (κ3) is 3.43. The summed E-state index contributed by atoms with van der Waals surface area (Å²) in [6.45, 7) is 4.40. The summed E-state index contributed by atoms with van der Waals surface area (Å²) in [6, 6.07) is 10.1. The highest BCUT2D eigenvalue weighted by Crippen LogP contribution is 2.34. The number of hydrogen-bond donors (Lipinski definition) is 1. The fourth-order valence-corrected chi connectivity index (χ4v) is 3.07. The van der Waals surface area contributed by atoms with Crippen LogP contribution in [0.2, 0.25) is 5.02 Å². The van der Waals surface area contributed by atoms with Crippen molar-refractivity contribution in [2.75, 3.05) is 12.4 Å². The second-order valence-electron chi connectivity index (χ2n) is 4.73. The highest BCUT2D eigenvalue weighted by atomic mass is 35.5. The Labute approximate surface area is 123 Å². The Hall–Kier alpha value is -1.19. The molecule has 0 bridgehead atoms. The predicted molar refractivity (Wildman–Crippen MR) is 83.5 cm³/mol. The zero-order valence-corrected chi connectivity index (χ0v) is 12.9. The summed E-state index contributed by atoms with van der Waals surface area (Å²) >= 11 is 8.01. The fourth-order valence-electron chi connectivity index (χ4n) is 1.94. The maximum Gasteiger partial charge on any atom is 0.121 e. The largest absolute Gasteiger partial charge is 0.497 e. The Morgan fingerprint density at radius 2 is 2.05 bits per heavy atom. The molecule has 0 amide bonds. The number of benzene rings is 1. The van der Waals surface area contributed by atoms with E-state index >= 15 is 0 Å². The van der Waals surface area contributed by atoms with Gasteiger partial charge in [-0.2, -0.15) is 0 Å². The summed E-state index contributed by atoms with van der Waals surface area (Å²) in [6.07, 6.45) is 0. The highest BCUT2D eigenvalue weighted by Gasteiger charge is 2.18. The first-order chi connectivity index (χ1) is 9.11. The van der Waals surface area contributed by atoms with E-state index in [-0.39, 0.29) is 6.04 Å². The Bertz CT molecular complexity index is 525. The maximum atomic E-state index is 6.25. The first kappa shape index (κ1) is 14.2. The Balaban J connectivity index is 2.27. The van der Waals surface area contributed by atoms with Crippen LogP contribution in [0, 0.1) is 5.92 Å². The van der Waals surface area contributed by atoms with Crippen LogP contribution in [0.25, 0.3) is 0 Å². The first-order valence-corrected chi connectivity index (χ1v) is 7.51. The molecule has 0 spiro atoms. The molecule has 2 aromatic rings. The Morgan fingerprint density at radius 3 is 2.63 bits per heavy atom. The molecule has 1 unspecified atom stereocenters. The molecule has 4 heteroatoms. The normalized spacial score (nSPS) is 12.5. The lowest BCUT2D eigenvalue weighted by atomic mass is 10.0. The molecule has 0 aliphatic heterocycles. The van der Waals surface area contributed by atoms with Gasteiger partial charge in [-0.25, -0.2) is 0 Å². The van der Waals surface area contributed by atoms with Crippen LogP contribution in [0.5, 0.6) is 5.75 Å². The fraction of sp³-hybridized carbons (Fsp3) is 0.333. The van der Waals surface area contributed by atoms with Crippen LogP contribution in [-0.2, 0) is 0 Å². The van der Waals surface area contributed by atoms with E-state index in [9.17, 15) is 0 Å². The quantitative estimate of drug-likeness (QED) is 0.816. The Morgan fingerprint density at radius 1 is 1.26 bits per heavy atom. The molecule has 1 aromatic heterocycles. The molecule has 0 fully saturated rings. The van der Waals surface area contributed by atoms with Gasteiger partial charge in [-0.3, -0.25) is 0 Å². The first-order valence-electron chi connectivity index (χ1n) is 6.25. The monoisotopic (exact) mass is 295 g/mol. The molecule has 19 heavy (non-hydrogen) atoms. The number of rotatable bonds is 5. The number of halogens is 1. The SMILES string of the molecule is COc1ccc(Cl)c(NC(c2cccs2)C(C)C)c1. The molecule has 1 heterocycles. The predicted octanol–water partition coefficient (Wildman–Crippen LogP) is 5.22. The van der Waals surface area contributed by atoms with Crippen molar-refractivity contribution in [1.82, 2.24) is 0 Å². The van der Waals surface area contributed by atoms with Crippen LogP contribution in [-0.4, -0.2) is 7.11 Å². The Kier molecular flexibility index (Phi) is 4.72. The number of thiophene rings is 1. The number of hydrogen-bond acceptors (Lipinski definition) is 3. The van der Waals surface area contributed by atoms with Crippen molar-refractivity contribution in [3.05, 3.63) is 45.6 Å². The van der Waals surface area contributed by atoms with Gasteiger partial charge in [-0.1, -0.05) is 31.5 Å². The van der Waals surface area contributed by atoms with E-state index in [0.717, 1.165) is 11.4 Å². The number of ether oxygens (including phenoxy) is 1. The summed E-state index contributed by atoms with van der Waals surface area (Å²) in [5, 5.41) is 6.33. The summed E-state index contributed by atoms with van der Waals surface area (Å²) in [5.41, 5.74) is 0.910. The molecule has 2 rings (SSSR count). The van der Waals surface area contributed by atoms with Crippen molar-refractivity contribution in [3.8, 4) is 5.75 Å². The van der Waals surface area contributed by atoms with Crippen LogP contribution in [0.4, 0.5) is 5.69 Å². The molecule has 102 valence electrons. The molecule has 0 saturated carbocycles. The lowest BCUT2D eigenvalue weighted by Crippen LogP contribution is -2.15. The third-order valence-corrected chi connectivity index (χ3v) is 4.29. The van der Waals surface area contributed by atoms with Crippen LogP contribution in [0.3, 0.4) is 0 Å². The van der Waals surface area contributed by atoms with E-state index in [1.807, 2.05) is 18.2 Å². The number of anilines is 1. The van der Waals surface area contributed by atoms with E-state index in [2.05, 4.69) is 36.7 Å². The van der Waals surface area contributed by atoms with Gasteiger partial charge >= 0.3 is 0 Å². The summed E-state index contributed by atoms with van der Waals surface area (Å²) in [5.74, 6) is 1.28. The maximum absolute atomic E-state index is 6.25. The van der Waals surface area contributed by atoms with Crippen LogP contribution in [0.1, 0.15) is 24.8 Å². The van der Waals surface area contributed by atoms with E-state index in [4.69, 9.17) is 16.3 Å². The van der Waals surface area contributed by atoms with Gasteiger partial charge in [0.2, 0.25) is 0 Å². The number of methoxy groups -OCH3 is 1. The minimum absolute atomic E-state index is 0.254. The van der Waals surface area contributed by atoms with Gasteiger partial charge in [0.05, 0.1) is 23.9 Å². The van der Waals surface area contributed by atoms with Gasteiger partial charge in [-0.05, 0) is 29.5 Å². The standard InChI is InChI=1S/C15H18ClNOS/c1-10(2)15(14-5-4-8-19-14)17-13-9-11(18-3)6-7-12(13)16/h4-10,15,17H,1-3H3. The topological polar surface area (TPSA) is 21.3 Å². The molecule has 1 N–H and O–H groups in total. The van der Waals surface area contributed by atoms with Gasteiger partial charge in [-0.15, -0.1) is 11.3 Å². The third-order valence-electron chi connectivity index (χ3n) is 3.00. The second kappa shape index (κ2) is 6.31. The minimum Gasteiger partial charge on any atom is -0.497 e. The van der Waals surface area contributed by atoms with Crippen molar-refractivity contribution in [1.29, 1.82) is 0 Å². The molecular weight excluding hydrogens is 278 g/mol. The molecule has 0 saturated heterocycles.